The molecule has 1 heterocycles. The standard InChI is InChI=1S/C12H12BrClN4/c1-6-7(2)16-12(17-11(6)18-15)9-4-3-8(14)5-10(9)13/h3-5H,15H2,1-2H3,(H,16,17,18). The van der Waals surface area contributed by atoms with Gasteiger partial charge in [-0.05, 0) is 48.0 Å². The van der Waals surface area contributed by atoms with Crippen LogP contribution >= 0.6 is 27.5 Å². The van der Waals surface area contributed by atoms with Gasteiger partial charge in [-0.2, -0.15) is 0 Å². The zero-order chi connectivity index (χ0) is 13.3. The summed E-state index contributed by atoms with van der Waals surface area (Å²) in [5, 5.41) is 0.659. The molecule has 0 aliphatic rings. The van der Waals surface area contributed by atoms with Crippen molar-refractivity contribution in [3.63, 3.8) is 0 Å². The first-order valence-electron chi connectivity index (χ1n) is 5.30. The summed E-state index contributed by atoms with van der Waals surface area (Å²) in [4.78, 5) is 8.85. The fraction of sp³-hybridized carbons (Fsp3) is 0.167. The average Bonchev–Trinajstić information content (AvgIpc) is 2.32. The normalized spacial score (nSPS) is 10.5. The number of nitrogens with one attached hydrogen (secondary N) is 1. The molecule has 0 unspecified atom stereocenters. The highest BCUT2D eigenvalue weighted by Crippen LogP contribution is 2.30. The van der Waals surface area contributed by atoms with Crippen molar-refractivity contribution in [1.29, 1.82) is 0 Å². The minimum absolute atomic E-state index is 0.606. The van der Waals surface area contributed by atoms with E-state index in [0.29, 0.717) is 16.7 Å². The molecule has 0 spiro atoms. The van der Waals surface area contributed by atoms with E-state index in [1.165, 1.54) is 0 Å². The summed E-state index contributed by atoms with van der Waals surface area (Å²) in [5.74, 6) is 6.69. The van der Waals surface area contributed by atoms with Gasteiger partial charge in [-0.15, -0.1) is 0 Å². The van der Waals surface area contributed by atoms with Crippen LogP contribution in [0.2, 0.25) is 5.02 Å². The predicted molar refractivity (Wildman–Crippen MR) is 77.5 cm³/mol. The lowest BCUT2D eigenvalue weighted by atomic mass is 10.2. The number of nitrogens with two attached hydrogens (primary N) is 1. The van der Waals surface area contributed by atoms with Crippen LogP contribution in [0.3, 0.4) is 0 Å². The first kappa shape index (κ1) is 13.3. The molecule has 0 saturated heterocycles. The minimum Gasteiger partial charge on any atom is -0.308 e. The predicted octanol–water partition coefficient (Wildman–Crippen LogP) is 3.46. The van der Waals surface area contributed by atoms with E-state index in [2.05, 4.69) is 31.3 Å². The number of anilines is 1. The summed E-state index contributed by atoms with van der Waals surface area (Å²) >= 11 is 9.37. The minimum atomic E-state index is 0.606. The summed E-state index contributed by atoms with van der Waals surface area (Å²) in [6.45, 7) is 3.84. The van der Waals surface area contributed by atoms with Gasteiger partial charge in [-0.3, -0.25) is 0 Å². The number of halogens is 2. The molecule has 0 bridgehead atoms. The summed E-state index contributed by atoms with van der Waals surface area (Å²) < 4.78 is 0.848. The van der Waals surface area contributed by atoms with Crippen molar-refractivity contribution >= 4 is 33.3 Å². The maximum atomic E-state index is 5.92. The summed E-state index contributed by atoms with van der Waals surface area (Å²) in [6, 6.07) is 5.48. The molecule has 1 aromatic carbocycles. The molecule has 0 saturated carbocycles. The van der Waals surface area contributed by atoms with E-state index in [0.717, 1.165) is 21.3 Å². The zero-order valence-electron chi connectivity index (χ0n) is 9.96. The Morgan fingerprint density at radius 3 is 2.61 bits per heavy atom. The molecule has 0 aliphatic carbocycles. The Balaban J connectivity index is 2.60. The number of nitrogen functional groups attached to an aromatic ring is 1. The molecule has 0 radical (unpaired) electrons. The number of hydrazine groups is 1. The highest BCUT2D eigenvalue weighted by Gasteiger charge is 2.11. The van der Waals surface area contributed by atoms with Crippen LogP contribution in [-0.2, 0) is 0 Å². The summed E-state index contributed by atoms with van der Waals surface area (Å²) in [7, 11) is 0. The quantitative estimate of drug-likeness (QED) is 0.655. The largest absolute Gasteiger partial charge is 0.308 e. The molecule has 0 amide bonds. The van der Waals surface area contributed by atoms with Crippen molar-refractivity contribution in [3.8, 4) is 11.4 Å². The molecule has 4 nitrogen and oxygen atoms in total. The van der Waals surface area contributed by atoms with Gasteiger partial charge in [0.1, 0.15) is 5.82 Å². The van der Waals surface area contributed by atoms with E-state index in [1.807, 2.05) is 26.0 Å². The van der Waals surface area contributed by atoms with Crippen LogP contribution in [-0.4, -0.2) is 9.97 Å². The molecular weight excluding hydrogens is 316 g/mol. The maximum Gasteiger partial charge on any atom is 0.162 e. The van der Waals surface area contributed by atoms with E-state index in [4.69, 9.17) is 17.4 Å². The molecule has 3 N–H and O–H groups in total. The van der Waals surface area contributed by atoms with Gasteiger partial charge in [0.25, 0.3) is 0 Å². The highest BCUT2D eigenvalue weighted by atomic mass is 79.9. The Bertz CT molecular complexity index is 601. The molecule has 18 heavy (non-hydrogen) atoms. The molecule has 2 aromatic rings. The second kappa shape index (κ2) is 5.22. The van der Waals surface area contributed by atoms with E-state index >= 15 is 0 Å². The van der Waals surface area contributed by atoms with E-state index in [1.54, 1.807) is 6.07 Å². The van der Waals surface area contributed by atoms with Crippen molar-refractivity contribution < 1.29 is 0 Å². The number of aromatic nitrogens is 2. The first-order chi connectivity index (χ1) is 8.52. The number of nitrogens with zero attached hydrogens (tertiary/aromatic N) is 2. The van der Waals surface area contributed by atoms with Crippen molar-refractivity contribution in [2.45, 2.75) is 13.8 Å². The van der Waals surface area contributed by atoms with Gasteiger partial charge in [-0.1, -0.05) is 11.6 Å². The Hall–Kier alpha value is -1.17. The fourth-order valence-corrected chi connectivity index (χ4v) is 2.42. The molecule has 0 aliphatic heterocycles. The van der Waals surface area contributed by atoms with Gasteiger partial charge in [0.2, 0.25) is 0 Å². The fourth-order valence-electron chi connectivity index (χ4n) is 1.56. The van der Waals surface area contributed by atoms with Gasteiger partial charge in [0, 0.05) is 26.3 Å². The van der Waals surface area contributed by atoms with E-state index in [9.17, 15) is 0 Å². The number of aryl methyl sites for hydroxylation is 1. The Morgan fingerprint density at radius 1 is 1.28 bits per heavy atom. The highest BCUT2D eigenvalue weighted by molar-refractivity contribution is 9.10. The Labute approximate surface area is 119 Å². The van der Waals surface area contributed by atoms with Crippen LogP contribution in [0.4, 0.5) is 5.82 Å². The molecule has 2 rings (SSSR count). The van der Waals surface area contributed by atoms with Gasteiger partial charge in [0.05, 0.1) is 0 Å². The lowest BCUT2D eigenvalue weighted by Crippen LogP contribution is -2.12. The molecule has 94 valence electrons. The second-order valence-electron chi connectivity index (χ2n) is 3.87. The third-order valence-corrected chi connectivity index (χ3v) is 3.59. The number of hydrogen-bond donors (Lipinski definition) is 2. The van der Waals surface area contributed by atoms with Crippen LogP contribution in [0.15, 0.2) is 22.7 Å². The summed E-state index contributed by atoms with van der Waals surface area (Å²) in [5.41, 5.74) is 5.28. The second-order valence-corrected chi connectivity index (χ2v) is 5.17. The third kappa shape index (κ3) is 2.48. The molecule has 6 heteroatoms. The molecule has 0 fully saturated rings. The Morgan fingerprint density at radius 2 is 2.00 bits per heavy atom. The van der Waals surface area contributed by atoms with E-state index < -0.39 is 0 Å². The maximum absolute atomic E-state index is 5.92. The molecule has 1 aromatic heterocycles. The average molecular weight is 328 g/mol. The lowest BCUT2D eigenvalue weighted by Gasteiger charge is -2.10. The van der Waals surface area contributed by atoms with Crippen molar-refractivity contribution in [3.05, 3.63) is 39.0 Å². The third-order valence-electron chi connectivity index (χ3n) is 2.70. The van der Waals surface area contributed by atoms with Crippen LogP contribution in [0.1, 0.15) is 11.3 Å². The number of rotatable bonds is 2. The lowest BCUT2D eigenvalue weighted by molar-refractivity contribution is 1.06. The SMILES string of the molecule is Cc1nc(-c2ccc(Cl)cc2Br)nc(NN)c1C. The van der Waals surface area contributed by atoms with Gasteiger partial charge in [-0.25, -0.2) is 15.8 Å². The van der Waals surface area contributed by atoms with Crippen LogP contribution in [0, 0.1) is 13.8 Å². The van der Waals surface area contributed by atoms with Crippen molar-refractivity contribution in [1.82, 2.24) is 9.97 Å². The topological polar surface area (TPSA) is 63.8 Å². The van der Waals surface area contributed by atoms with Crippen molar-refractivity contribution in [2.75, 3.05) is 5.43 Å². The smallest absolute Gasteiger partial charge is 0.162 e. The molecule has 0 atom stereocenters. The zero-order valence-corrected chi connectivity index (χ0v) is 12.3. The van der Waals surface area contributed by atoms with Gasteiger partial charge < -0.3 is 5.43 Å². The monoisotopic (exact) mass is 326 g/mol. The van der Waals surface area contributed by atoms with Crippen LogP contribution < -0.4 is 11.3 Å². The van der Waals surface area contributed by atoms with Crippen molar-refractivity contribution in [2.24, 2.45) is 5.84 Å². The van der Waals surface area contributed by atoms with E-state index in [-0.39, 0.29) is 0 Å². The van der Waals surface area contributed by atoms with Gasteiger partial charge in [0.15, 0.2) is 5.82 Å². The van der Waals surface area contributed by atoms with Crippen LogP contribution in [0.25, 0.3) is 11.4 Å². The van der Waals surface area contributed by atoms with Gasteiger partial charge >= 0.3 is 0 Å². The molecular formula is C12H12BrClN4. The summed E-state index contributed by atoms with van der Waals surface area (Å²) in [6.07, 6.45) is 0. The number of benzene rings is 1. The van der Waals surface area contributed by atoms with Crippen LogP contribution in [0.5, 0.6) is 0 Å². The Kier molecular flexibility index (Phi) is 3.85. The first-order valence-corrected chi connectivity index (χ1v) is 6.47. The number of hydrogen-bond acceptors (Lipinski definition) is 4.